The molecule has 2 aliphatic heterocycles. The summed E-state index contributed by atoms with van der Waals surface area (Å²) in [6.45, 7) is 2.88. The predicted octanol–water partition coefficient (Wildman–Crippen LogP) is 4.98. The van der Waals surface area contributed by atoms with Crippen molar-refractivity contribution in [3.63, 3.8) is 0 Å². The first-order valence-corrected chi connectivity index (χ1v) is 14.0. The van der Waals surface area contributed by atoms with E-state index < -0.39 is 0 Å². The van der Waals surface area contributed by atoms with Crippen molar-refractivity contribution >= 4 is 34.5 Å². The second-order valence-corrected chi connectivity index (χ2v) is 10.7. The van der Waals surface area contributed by atoms with Gasteiger partial charge in [-0.1, -0.05) is 42.5 Å². The summed E-state index contributed by atoms with van der Waals surface area (Å²) in [7, 11) is 6.84. The van der Waals surface area contributed by atoms with Crippen molar-refractivity contribution in [3.8, 4) is 11.5 Å². The maximum Gasteiger partial charge on any atom is 0.258 e. The Morgan fingerprint density at radius 3 is 2.27 bits per heavy atom. The van der Waals surface area contributed by atoms with Crippen molar-refractivity contribution in [2.24, 2.45) is 5.92 Å². The fraction of sp³-hybridized carbons (Fsp3) is 0.333. The molecule has 1 fully saturated rings. The minimum Gasteiger partial charge on any atom is -0.493 e. The van der Waals surface area contributed by atoms with Gasteiger partial charge in [0.1, 0.15) is 0 Å². The molecular weight excluding hydrogens is 516 g/mol. The molecule has 0 aliphatic carbocycles. The first-order valence-electron chi connectivity index (χ1n) is 14.0. The van der Waals surface area contributed by atoms with E-state index in [0.29, 0.717) is 22.8 Å². The van der Waals surface area contributed by atoms with E-state index in [1.165, 1.54) is 5.56 Å². The van der Waals surface area contributed by atoms with Crippen LogP contribution in [0.4, 0.5) is 11.4 Å². The number of hydrogen-bond acceptors (Lipinski definition) is 6. The Kier molecular flexibility index (Phi) is 8.59. The molecule has 0 saturated carbocycles. The number of benzene rings is 3. The van der Waals surface area contributed by atoms with Crippen LogP contribution in [-0.2, 0) is 16.0 Å². The van der Waals surface area contributed by atoms with Crippen molar-refractivity contribution in [1.29, 1.82) is 0 Å². The Labute approximate surface area is 241 Å². The zero-order chi connectivity index (χ0) is 28.9. The Morgan fingerprint density at radius 2 is 1.63 bits per heavy atom. The van der Waals surface area contributed by atoms with Crippen molar-refractivity contribution in [2.75, 3.05) is 58.6 Å². The van der Waals surface area contributed by atoms with Gasteiger partial charge < -0.3 is 29.9 Å². The van der Waals surface area contributed by atoms with Crippen LogP contribution in [0, 0.1) is 5.92 Å². The van der Waals surface area contributed by atoms with Crippen LogP contribution < -0.4 is 20.1 Å². The van der Waals surface area contributed by atoms with Gasteiger partial charge in [-0.15, -0.1) is 0 Å². The molecule has 0 bridgehead atoms. The Hall–Kier alpha value is -4.30. The molecule has 3 aromatic carbocycles. The van der Waals surface area contributed by atoms with E-state index in [-0.39, 0.29) is 17.7 Å². The average molecular weight is 555 g/mol. The number of rotatable bonds is 9. The summed E-state index contributed by atoms with van der Waals surface area (Å²) in [5.41, 5.74) is 5.75. The molecule has 0 unspecified atom stereocenters. The Bertz CT molecular complexity index is 1430. The molecule has 0 radical (unpaired) electrons. The van der Waals surface area contributed by atoms with Crippen molar-refractivity contribution in [2.45, 2.75) is 19.3 Å². The lowest BCUT2D eigenvalue weighted by Gasteiger charge is -2.32. The summed E-state index contributed by atoms with van der Waals surface area (Å²) in [6, 6.07) is 21.9. The van der Waals surface area contributed by atoms with Crippen LogP contribution in [0.3, 0.4) is 0 Å². The standard InChI is InChI=1S/C33H38N4O4/c1-36(2)33(39)24-15-18-37(19-16-24)17-14-22-10-12-25(13-11-22)34-31(23-8-6-5-7-9-23)30-26-20-28(40-3)29(41-4)21-27(26)35-32(30)38/h5-13,20-21,24,34H,14-19H2,1-4H3,(H,35,38). The molecule has 5 rings (SSSR count). The second kappa shape index (κ2) is 12.5. The summed E-state index contributed by atoms with van der Waals surface area (Å²) in [4.78, 5) is 29.7. The summed E-state index contributed by atoms with van der Waals surface area (Å²) in [6.07, 6.45) is 2.79. The molecule has 41 heavy (non-hydrogen) atoms. The molecular formula is C33H38N4O4. The van der Waals surface area contributed by atoms with Crippen LogP contribution in [-0.4, -0.2) is 69.6 Å². The summed E-state index contributed by atoms with van der Waals surface area (Å²) < 4.78 is 11.0. The fourth-order valence-corrected chi connectivity index (χ4v) is 5.58. The van der Waals surface area contributed by atoms with E-state index in [1.807, 2.05) is 50.5 Å². The highest BCUT2D eigenvalue weighted by molar-refractivity contribution is 6.37. The van der Waals surface area contributed by atoms with E-state index in [1.54, 1.807) is 25.2 Å². The number of amides is 2. The van der Waals surface area contributed by atoms with Gasteiger partial charge in [0, 0.05) is 43.9 Å². The lowest BCUT2D eigenvalue weighted by Crippen LogP contribution is -2.40. The zero-order valence-corrected chi connectivity index (χ0v) is 24.2. The smallest absolute Gasteiger partial charge is 0.258 e. The number of carbonyl (C=O) groups excluding carboxylic acids is 2. The molecule has 0 aromatic heterocycles. The molecule has 2 aliphatic rings. The van der Waals surface area contributed by atoms with Gasteiger partial charge in [-0.05, 0) is 61.7 Å². The molecule has 2 N–H and O–H groups in total. The average Bonchev–Trinajstić information content (AvgIpc) is 3.33. The first-order chi connectivity index (χ1) is 19.9. The van der Waals surface area contributed by atoms with Crippen LogP contribution in [0.1, 0.15) is 29.5 Å². The molecule has 0 spiro atoms. The lowest BCUT2D eigenvalue weighted by molar-refractivity contribution is -0.134. The highest BCUT2D eigenvalue weighted by Crippen LogP contribution is 2.43. The highest BCUT2D eigenvalue weighted by Gasteiger charge is 2.30. The number of hydrogen-bond donors (Lipinski definition) is 2. The lowest BCUT2D eigenvalue weighted by atomic mass is 9.95. The van der Waals surface area contributed by atoms with Crippen molar-refractivity contribution in [1.82, 2.24) is 9.80 Å². The molecule has 2 heterocycles. The minimum atomic E-state index is -0.186. The van der Waals surface area contributed by atoms with E-state index >= 15 is 0 Å². The number of carbonyl (C=O) groups is 2. The third-order valence-corrected chi connectivity index (χ3v) is 7.90. The SMILES string of the molecule is COc1cc2c(cc1OC)C(=C(Nc1ccc(CCN3CCC(C(=O)N(C)C)CC3)cc1)c1ccccc1)C(=O)N2. The monoisotopic (exact) mass is 554 g/mol. The number of fused-ring (bicyclic) bond motifs is 1. The van der Waals surface area contributed by atoms with E-state index in [0.717, 1.165) is 61.4 Å². The van der Waals surface area contributed by atoms with Gasteiger partial charge >= 0.3 is 0 Å². The van der Waals surface area contributed by atoms with Gasteiger partial charge in [0.15, 0.2) is 11.5 Å². The normalized spacial score (nSPS) is 16.5. The van der Waals surface area contributed by atoms with Gasteiger partial charge in [0.25, 0.3) is 5.91 Å². The summed E-state index contributed by atoms with van der Waals surface area (Å²) in [5, 5.41) is 6.51. The van der Waals surface area contributed by atoms with E-state index in [4.69, 9.17) is 9.47 Å². The quantitative estimate of drug-likeness (QED) is 0.363. The predicted molar refractivity (Wildman–Crippen MR) is 163 cm³/mol. The number of anilines is 2. The van der Waals surface area contributed by atoms with Crippen LogP contribution in [0.5, 0.6) is 11.5 Å². The van der Waals surface area contributed by atoms with E-state index in [9.17, 15) is 9.59 Å². The van der Waals surface area contributed by atoms with Gasteiger partial charge in [-0.3, -0.25) is 9.59 Å². The third kappa shape index (κ3) is 6.23. The molecule has 8 heteroatoms. The van der Waals surface area contributed by atoms with Gasteiger partial charge in [-0.2, -0.15) is 0 Å². The van der Waals surface area contributed by atoms with Crippen molar-refractivity contribution in [3.05, 3.63) is 83.4 Å². The number of likely N-dealkylation sites (tertiary alicyclic amines) is 1. The maximum atomic E-state index is 13.3. The summed E-state index contributed by atoms with van der Waals surface area (Å²) >= 11 is 0. The zero-order valence-electron chi connectivity index (χ0n) is 24.2. The first kappa shape index (κ1) is 28.2. The molecule has 3 aromatic rings. The molecule has 1 saturated heterocycles. The van der Waals surface area contributed by atoms with Crippen LogP contribution >= 0.6 is 0 Å². The van der Waals surface area contributed by atoms with Gasteiger partial charge in [0.05, 0.1) is 31.2 Å². The minimum absolute atomic E-state index is 0.150. The number of piperidine rings is 1. The van der Waals surface area contributed by atoms with Crippen LogP contribution in [0.2, 0.25) is 0 Å². The maximum absolute atomic E-state index is 13.3. The number of nitrogens with zero attached hydrogens (tertiary/aromatic N) is 2. The molecule has 8 nitrogen and oxygen atoms in total. The van der Waals surface area contributed by atoms with Crippen LogP contribution in [0.25, 0.3) is 11.3 Å². The summed E-state index contributed by atoms with van der Waals surface area (Å²) in [5.74, 6) is 1.33. The topological polar surface area (TPSA) is 83.1 Å². The largest absolute Gasteiger partial charge is 0.493 e. The number of ether oxygens (including phenoxy) is 2. The van der Waals surface area contributed by atoms with Gasteiger partial charge in [-0.25, -0.2) is 0 Å². The van der Waals surface area contributed by atoms with Crippen molar-refractivity contribution < 1.29 is 19.1 Å². The number of nitrogens with one attached hydrogen (secondary N) is 2. The third-order valence-electron chi connectivity index (χ3n) is 7.90. The highest BCUT2D eigenvalue weighted by atomic mass is 16.5. The van der Waals surface area contributed by atoms with E-state index in [2.05, 4.69) is 39.8 Å². The molecule has 2 amide bonds. The molecule has 214 valence electrons. The van der Waals surface area contributed by atoms with Crippen LogP contribution in [0.15, 0.2) is 66.7 Å². The second-order valence-electron chi connectivity index (χ2n) is 10.7. The Balaban J connectivity index is 1.33. The fourth-order valence-electron chi connectivity index (χ4n) is 5.58. The number of methoxy groups -OCH3 is 2. The Morgan fingerprint density at radius 1 is 0.976 bits per heavy atom. The van der Waals surface area contributed by atoms with Gasteiger partial charge in [0.2, 0.25) is 5.91 Å². The molecule has 0 atom stereocenters.